The minimum atomic E-state index is 0.645. The van der Waals surface area contributed by atoms with Gasteiger partial charge < -0.3 is 10.3 Å². The van der Waals surface area contributed by atoms with Crippen molar-refractivity contribution in [2.75, 3.05) is 5.32 Å². The van der Waals surface area contributed by atoms with Crippen molar-refractivity contribution < 1.29 is 0 Å². The zero-order valence-electron chi connectivity index (χ0n) is 13.5. The van der Waals surface area contributed by atoms with Gasteiger partial charge in [0.25, 0.3) is 0 Å². The van der Waals surface area contributed by atoms with Gasteiger partial charge in [-0.05, 0) is 24.3 Å². The first-order valence-corrected chi connectivity index (χ1v) is 8.32. The Morgan fingerprint density at radius 1 is 0.840 bits per heavy atom. The molecule has 120 valence electrons. The van der Waals surface area contributed by atoms with Crippen LogP contribution in [0.4, 0.5) is 5.82 Å². The molecular weight excluding hydrogens is 308 g/mol. The van der Waals surface area contributed by atoms with Crippen LogP contribution in [0.3, 0.4) is 0 Å². The molecule has 2 aromatic carbocycles. The average Bonchev–Trinajstić information content (AvgIpc) is 3.04. The van der Waals surface area contributed by atoms with Gasteiger partial charge in [-0.2, -0.15) is 0 Å². The lowest BCUT2D eigenvalue weighted by molar-refractivity contribution is 1.05. The number of nitrogens with zero attached hydrogens (tertiary/aromatic N) is 2. The molecule has 4 heteroatoms. The monoisotopic (exact) mass is 324 g/mol. The third-order valence-corrected chi connectivity index (χ3v) is 4.50. The summed E-state index contributed by atoms with van der Waals surface area (Å²) in [6.07, 6.45) is 1.88. The fourth-order valence-electron chi connectivity index (χ4n) is 3.23. The molecule has 25 heavy (non-hydrogen) atoms. The van der Waals surface area contributed by atoms with Gasteiger partial charge in [0.05, 0.1) is 29.5 Å². The van der Waals surface area contributed by atoms with Crippen molar-refractivity contribution in [2.24, 2.45) is 0 Å². The molecule has 0 atom stereocenters. The molecule has 0 saturated carbocycles. The minimum absolute atomic E-state index is 0.645. The van der Waals surface area contributed by atoms with Crippen LogP contribution >= 0.6 is 0 Å². The SMILES string of the molecule is c1ccc2nc(CNc3cc4c(cn3)[nH]c3ccccc34)ccc2c1. The number of hydrogen-bond donors (Lipinski definition) is 2. The molecule has 0 unspecified atom stereocenters. The molecule has 0 fully saturated rings. The van der Waals surface area contributed by atoms with Gasteiger partial charge >= 0.3 is 0 Å². The van der Waals surface area contributed by atoms with E-state index >= 15 is 0 Å². The lowest BCUT2D eigenvalue weighted by Crippen LogP contribution is -2.03. The first-order chi connectivity index (χ1) is 12.4. The van der Waals surface area contributed by atoms with E-state index in [4.69, 9.17) is 4.98 Å². The summed E-state index contributed by atoms with van der Waals surface area (Å²) in [5.41, 5.74) is 4.20. The third-order valence-electron chi connectivity index (χ3n) is 4.50. The van der Waals surface area contributed by atoms with Gasteiger partial charge in [-0.1, -0.05) is 42.5 Å². The number of hydrogen-bond acceptors (Lipinski definition) is 3. The van der Waals surface area contributed by atoms with E-state index in [9.17, 15) is 0 Å². The Labute approximate surface area is 144 Å². The number of pyridine rings is 2. The summed E-state index contributed by atoms with van der Waals surface area (Å²) in [4.78, 5) is 12.6. The highest BCUT2D eigenvalue weighted by Crippen LogP contribution is 2.26. The molecule has 2 N–H and O–H groups in total. The van der Waals surface area contributed by atoms with E-state index in [2.05, 4.69) is 57.7 Å². The summed E-state index contributed by atoms with van der Waals surface area (Å²) in [7, 11) is 0. The van der Waals surface area contributed by atoms with Crippen molar-refractivity contribution >= 4 is 38.5 Å². The number of aromatic amines is 1. The fourth-order valence-corrected chi connectivity index (χ4v) is 3.23. The average molecular weight is 324 g/mol. The van der Waals surface area contributed by atoms with E-state index in [1.807, 2.05) is 30.5 Å². The normalized spacial score (nSPS) is 11.4. The molecule has 0 aliphatic rings. The number of aromatic nitrogens is 3. The molecule has 5 aromatic rings. The number of rotatable bonds is 3. The Morgan fingerprint density at radius 2 is 1.72 bits per heavy atom. The number of benzene rings is 2. The molecule has 3 heterocycles. The number of anilines is 1. The fraction of sp³-hybridized carbons (Fsp3) is 0.0476. The molecule has 5 rings (SSSR count). The highest BCUT2D eigenvalue weighted by molar-refractivity contribution is 6.07. The van der Waals surface area contributed by atoms with Crippen LogP contribution in [0.25, 0.3) is 32.7 Å². The van der Waals surface area contributed by atoms with Gasteiger partial charge in [0.2, 0.25) is 0 Å². The third kappa shape index (κ3) is 2.48. The van der Waals surface area contributed by atoms with Gasteiger partial charge in [0.1, 0.15) is 5.82 Å². The van der Waals surface area contributed by atoms with E-state index in [1.165, 1.54) is 10.8 Å². The van der Waals surface area contributed by atoms with Crippen LogP contribution in [0.5, 0.6) is 0 Å². The lowest BCUT2D eigenvalue weighted by atomic mass is 10.2. The van der Waals surface area contributed by atoms with Gasteiger partial charge in [-0.3, -0.25) is 4.98 Å². The Kier molecular flexibility index (Phi) is 3.13. The van der Waals surface area contributed by atoms with E-state index < -0.39 is 0 Å². The first kappa shape index (κ1) is 14.0. The summed E-state index contributed by atoms with van der Waals surface area (Å²) >= 11 is 0. The highest BCUT2D eigenvalue weighted by atomic mass is 15.0. The molecule has 0 amide bonds. The summed E-state index contributed by atoms with van der Waals surface area (Å²) in [6.45, 7) is 0.645. The maximum atomic E-state index is 4.70. The lowest BCUT2D eigenvalue weighted by Gasteiger charge is -2.06. The van der Waals surface area contributed by atoms with E-state index in [0.29, 0.717) is 6.54 Å². The standard InChI is InChI=1S/C21H16N4/c1-3-7-18-14(5-1)9-10-15(24-18)12-22-21-11-17-16-6-2-4-8-19(16)25-20(17)13-23-21/h1-11,13,25H,12H2,(H,22,23). The van der Waals surface area contributed by atoms with Crippen LogP contribution in [-0.4, -0.2) is 15.0 Å². The minimum Gasteiger partial charge on any atom is -0.364 e. The molecule has 3 aromatic heterocycles. The van der Waals surface area contributed by atoms with Crippen molar-refractivity contribution in [1.29, 1.82) is 0 Å². The van der Waals surface area contributed by atoms with Gasteiger partial charge in [-0.25, -0.2) is 4.98 Å². The van der Waals surface area contributed by atoms with Crippen LogP contribution in [-0.2, 0) is 6.54 Å². The Bertz CT molecular complexity index is 1210. The zero-order valence-corrected chi connectivity index (χ0v) is 13.5. The van der Waals surface area contributed by atoms with Crippen LogP contribution in [0, 0.1) is 0 Å². The molecule has 0 saturated heterocycles. The Balaban J connectivity index is 1.45. The molecule has 0 aliphatic carbocycles. The maximum absolute atomic E-state index is 4.70. The van der Waals surface area contributed by atoms with Gasteiger partial charge in [0, 0.05) is 21.7 Å². The molecule has 0 bridgehead atoms. The van der Waals surface area contributed by atoms with Gasteiger partial charge in [-0.15, -0.1) is 0 Å². The topological polar surface area (TPSA) is 53.6 Å². The second kappa shape index (κ2) is 5.60. The Hall–Kier alpha value is -3.40. The van der Waals surface area contributed by atoms with Crippen LogP contribution in [0.1, 0.15) is 5.69 Å². The number of H-pyrrole nitrogens is 1. The molecule has 4 nitrogen and oxygen atoms in total. The molecule has 0 radical (unpaired) electrons. The summed E-state index contributed by atoms with van der Waals surface area (Å²) in [6, 6.07) is 22.7. The van der Waals surface area contributed by atoms with Crippen LogP contribution in [0.2, 0.25) is 0 Å². The quantitative estimate of drug-likeness (QED) is 0.497. The second-order valence-electron chi connectivity index (χ2n) is 6.13. The van der Waals surface area contributed by atoms with Crippen molar-refractivity contribution in [3.63, 3.8) is 0 Å². The number of nitrogens with one attached hydrogen (secondary N) is 2. The van der Waals surface area contributed by atoms with Crippen molar-refractivity contribution in [1.82, 2.24) is 15.0 Å². The number of fused-ring (bicyclic) bond motifs is 4. The molecule has 0 spiro atoms. The highest BCUT2D eigenvalue weighted by Gasteiger charge is 2.06. The summed E-state index contributed by atoms with van der Waals surface area (Å²) < 4.78 is 0. The van der Waals surface area contributed by atoms with Gasteiger partial charge in [0.15, 0.2) is 0 Å². The predicted molar refractivity (Wildman–Crippen MR) is 103 cm³/mol. The van der Waals surface area contributed by atoms with Crippen LogP contribution in [0.15, 0.2) is 72.9 Å². The van der Waals surface area contributed by atoms with E-state index in [0.717, 1.165) is 33.4 Å². The van der Waals surface area contributed by atoms with Crippen molar-refractivity contribution in [3.05, 3.63) is 78.6 Å². The molecular formula is C21H16N4. The zero-order chi connectivity index (χ0) is 16.6. The second-order valence-corrected chi connectivity index (χ2v) is 6.13. The maximum Gasteiger partial charge on any atom is 0.126 e. The smallest absolute Gasteiger partial charge is 0.126 e. The van der Waals surface area contributed by atoms with Crippen molar-refractivity contribution in [3.8, 4) is 0 Å². The van der Waals surface area contributed by atoms with E-state index in [-0.39, 0.29) is 0 Å². The first-order valence-electron chi connectivity index (χ1n) is 8.32. The summed E-state index contributed by atoms with van der Waals surface area (Å²) in [5, 5.41) is 6.94. The summed E-state index contributed by atoms with van der Waals surface area (Å²) in [5.74, 6) is 0.854. The predicted octanol–water partition coefficient (Wildman–Crippen LogP) is 4.88. The van der Waals surface area contributed by atoms with E-state index in [1.54, 1.807) is 0 Å². The van der Waals surface area contributed by atoms with Crippen molar-refractivity contribution in [2.45, 2.75) is 6.54 Å². The molecule has 0 aliphatic heterocycles. The Morgan fingerprint density at radius 3 is 2.72 bits per heavy atom. The number of para-hydroxylation sites is 2. The largest absolute Gasteiger partial charge is 0.364 e. The van der Waals surface area contributed by atoms with Crippen LogP contribution < -0.4 is 5.32 Å².